The molecule has 0 saturated heterocycles. The van der Waals surface area contributed by atoms with E-state index in [4.69, 9.17) is 4.74 Å². The zero-order valence-electron chi connectivity index (χ0n) is 18.6. The Morgan fingerprint density at radius 1 is 0.967 bits per heavy atom. The van der Waals surface area contributed by atoms with E-state index in [0.717, 1.165) is 56.3 Å². The molecule has 0 atom stereocenters. The predicted molar refractivity (Wildman–Crippen MR) is 116 cm³/mol. The Kier molecular flexibility index (Phi) is 8.71. The van der Waals surface area contributed by atoms with Crippen molar-refractivity contribution in [2.45, 2.75) is 90.4 Å². The van der Waals surface area contributed by atoms with Crippen molar-refractivity contribution in [3.63, 3.8) is 0 Å². The number of allylic oxidation sites excluding steroid dienone is 2. The fraction of sp³-hybridized carbons (Fsp3) is 0.692. The van der Waals surface area contributed by atoms with Crippen molar-refractivity contribution in [2.75, 3.05) is 6.61 Å². The second kappa shape index (κ2) is 11.2. The van der Waals surface area contributed by atoms with E-state index in [0.29, 0.717) is 12.2 Å². The Morgan fingerprint density at radius 3 is 2.20 bits per heavy atom. The van der Waals surface area contributed by atoms with E-state index in [-0.39, 0.29) is 17.5 Å². The predicted octanol–water partition coefficient (Wildman–Crippen LogP) is 8.49. The van der Waals surface area contributed by atoms with Crippen LogP contribution in [0.3, 0.4) is 0 Å². The Balaban J connectivity index is 1.44. The first-order valence-corrected chi connectivity index (χ1v) is 11.9. The fourth-order valence-corrected chi connectivity index (χ4v) is 5.69. The van der Waals surface area contributed by atoms with Crippen LogP contribution in [0.15, 0.2) is 24.0 Å². The maximum atomic E-state index is 14.6. The van der Waals surface area contributed by atoms with Gasteiger partial charge in [0.05, 0.1) is 12.4 Å². The number of benzene rings is 1. The molecule has 0 aliphatic heterocycles. The van der Waals surface area contributed by atoms with Gasteiger partial charge in [-0.1, -0.05) is 31.4 Å². The van der Waals surface area contributed by atoms with Gasteiger partial charge in [0.1, 0.15) is 0 Å². The summed E-state index contributed by atoms with van der Waals surface area (Å²) in [5, 5.41) is 0. The third-order valence-corrected chi connectivity index (χ3v) is 7.39. The van der Waals surface area contributed by atoms with E-state index in [1.807, 2.05) is 0 Å². The highest BCUT2D eigenvalue weighted by Crippen LogP contribution is 2.45. The number of hydrogen-bond acceptors (Lipinski definition) is 1. The van der Waals surface area contributed by atoms with Crippen LogP contribution < -0.4 is 4.74 Å². The first kappa shape index (κ1) is 23.2. The fourth-order valence-electron chi connectivity index (χ4n) is 5.69. The second-order valence-corrected chi connectivity index (χ2v) is 9.33. The van der Waals surface area contributed by atoms with Crippen LogP contribution in [-0.4, -0.2) is 6.61 Å². The van der Waals surface area contributed by atoms with Gasteiger partial charge in [-0.15, -0.1) is 0 Å². The average molecular weight is 423 g/mol. The Labute approximate surface area is 180 Å². The number of halogens is 3. The van der Waals surface area contributed by atoms with Crippen molar-refractivity contribution in [1.82, 2.24) is 0 Å². The van der Waals surface area contributed by atoms with E-state index in [2.05, 4.69) is 0 Å². The quantitative estimate of drug-likeness (QED) is 0.382. The molecule has 1 aromatic carbocycles. The first-order chi connectivity index (χ1) is 14.5. The van der Waals surface area contributed by atoms with Crippen LogP contribution in [0.4, 0.5) is 13.2 Å². The molecule has 2 fully saturated rings. The van der Waals surface area contributed by atoms with Crippen molar-refractivity contribution < 1.29 is 17.9 Å². The van der Waals surface area contributed by atoms with Gasteiger partial charge >= 0.3 is 0 Å². The lowest BCUT2D eigenvalue weighted by atomic mass is 9.68. The van der Waals surface area contributed by atoms with Gasteiger partial charge < -0.3 is 4.74 Å². The van der Waals surface area contributed by atoms with E-state index < -0.39 is 11.6 Å². The minimum atomic E-state index is -0.841. The third-order valence-electron chi connectivity index (χ3n) is 7.39. The van der Waals surface area contributed by atoms with Crippen LogP contribution in [0.25, 0.3) is 0 Å². The molecule has 3 rings (SSSR count). The Hall–Kier alpha value is -1.45. The summed E-state index contributed by atoms with van der Waals surface area (Å²) in [6.45, 7) is 3.61. The van der Waals surface area contributed by atoms with E-state index in [1.165, 1.54) is 39.0 Å². The molecule has 0 N–H and O–H groups in total. The van der Waals surface area contributed by atoms with Crippen molar-refractivity contribution in [1.29, 1.82) is 0 Å². The third kappa shape index (κ3) is 6.04. The lowest BCUT2D eigenvalue weighted by Crippen LogP contribution is -2.25. The number of unbranched alkanes of at least 4 members (excludes halogenated alkanes) is 1. The largest absolute Gasteiger partial charge is 0.491 e. The maximum absolute atomic E-state index is 14.6. The van der Waals surface area contributed by atoms with Gasteiger partial charge in [-0.05, 0) is 101 Å². The summed E-state index contributed by atoms with van der Waals surface area (Å²) in [6, 6.07) is 3.30. The van der Waals surface area contributed by atoms with Crippen LogP contribution in [0.2, 0.25) is 0 Å². The summed E-state index contributed by atoms with van der Waals surface area (Å²) in [6.07, 6.45) is 14.2. The molecule has 0 heterocycles. The molecule has 0 bridgehead atoms. The Morgan fingerprint density at radius 2 is 1.60 bits per heavy atom. The van der Waals surface area contributed by atoms with E-state index in [1.54, 1.807) is 25.1 Å². The lowest BCUT2D eigenvalue weighted by molar-refractivity contribution is 0.155. The molecule has 2 aliphatic rings. The molecule has 0 radical (unpaired) electrons. The molecule has 2 saturated carbocycles. The SMILES string of the molecule is CCOc1ccc(C2CCC(C3CCC(CCCC=C(C)F)CC3)CC2)c(F)c1F. The van der Waals surface area contributed by atoms with Gasteiger partial charge in [0.25, 0.3) is 0 Å². The van der Waals surface area contributed by atoms with Crippen molar-refractivity contribution >= 4 is 0 Å². The topological polar surface area (TPSA) is 9.23 Å². The minimum Gasteiger partial charge on any atom is -0.491 e. The smallest absolute Gasteiger partial charge is 0.200 e. The first-order valence-electron chi connectivity index (χ1n) is 11.9. The highest BCUT2D eigenvalue weighted by molar-refractivity contribution is 5.33. The van der Waals surface area contributed by atoms with Crippen molar-refractivity contribution in [2.24, 2.45) is 17.8 Å². The van der Waals surface area contributed by atoms with E-state index in [9.17, 15) is 13.2 Å². The monoisotopic (exact) mass is 422 g/mol. The highest BCUT2D eigenvalue weighted by atomic mass is 19.2. The lowest BCUT2D eigenvalue weighted by Gasteiger charge is -2.38. The van der Waals surface area contributed by atoms with Gasteiger partial charge in [0, 0.05) is 0 Å². The van der Waals surface area contributed by atoms with Crippen LogP contribution in [0.1, 0.15) is 96.0 Å². The molecule has 2 aliphatic carbocycles. The molecule has 30 heavy (non-hydrogen) atoms. The zero-order valence-corrected chi connectivity index (χ0v) is 18.6. The molecule has 0 aromatic heterocycles. The Bertz CT molecular complexity index is 694. The number of ether oxygens (including phenoxy) is 1. The molecule has 4 heteroatoms. The van der Waals surface area contributed by atoms with Crippen LogP contribution in [0, 0.1) is 29.4 Å². The molecule has 0 amide bonds. The van der Waals surface area contributed by atoms with Gasteiger partial charge in [0.2, 0.25) is 5.82 Å². The maximum Gasteiger partial charge on any atom is 0.200 e. The summed E-state index contributed by atoms with van der Waals surface area (Å²) in [5.74, 6) is 0.825. The minimum absolute atomic E-state index is 0.0139. The summed E-state index contributed by atoms with van der Waals surface area (Å²) < 4.78 is 46.7. The molecule has 0 unspecified atom stereocenters. The van der Waals surface area contributed by atoms with E-state index >= 15 is 0 Å². The second-order valence-electron chi connectivity index (χ2n) is 9.33. The molecular weight excluding hydrogens is 385 g/mol. The molecular formula is C26H37F3O. The van der Waals surface area contributed by atoms with Gasteiger partial charge in [-0.3, -0.25) is 0 Å². The van der Waals surface area contributed by atoms with Gasteiger partial charge in [-0.2, -0.15) is 4.39 Å². The standard InChI is InChI=1S/C26H37F3O/c1-3-30-24-17-16-23(25(28)26(24)29)22-14-12-21(13-15-22)20-10-8-19(9-11-20)7-5-4-6-18(2)27/h6,16-17,19-22H,3-5,7-15H2,1-2H3. The zero-order chi connectivity index (χ0) is 21.5. The van der Waals surface area contributed by atoms with Gasteiger partial charge in [-0.25, -0.2) is 8.78 Å². The van der Waals surface area contributed by atoms with Crippen LogP contribution >= 0.6 is 0 Å². The molecule has 1 aromatic rings. The summed E-state index contributed by atoms with van der Waals surface area (Å²) >= 11 is 0. The summed E-state index contributed by atoms with van der Waals surface area (Å²) in [7, 11) is 0. The molecule has 1 nitrogen and oxygen atoms in total. The normalized spacial score (nSPS) is 27.8. The molecule has 0 spiro atoms. The summed E-state index contributed by atoms with van der Waals surface area (Å²) in [4.78, 5) is 0. The summed E-state index contributed by atoms with van der Waals surface area (Å²) in [5.41, 5.74) is 0.524. The number of rotatable bonds is 8. The number of hydrogen-bond donors (Lipinski definition) is 0. The van der Waals surface area contributed by atoms with Crippen LogP contribution in [-0.2, 0) is 0 Å². The van der Waals surface area contributed by atoms with Crippen molar-refractivity contribution in [3.8, 4) is 5.75 Å². The molecule has 168 valence electrons. The highest BCUT2D eigenvalue weighted by Gasteiger charge is 2.32. The van der Waals surface area contributed by atoms with Crippen molar-refractivity contribution in [3.05, 3.63) is 41.2 Å². The average Bonchev–Trinajstić information content (AvgIpc) is 2.75. The van der Waals surface area contributed by atoms with Gasteiger partial charge in [0.15, 0.2) is 11.6 Å². The van der Waals surface area contributed by atoms with Crippen LogP contribution in [0.5, 0.6) is 5.75 Å².